The molecule has 17 heavy (non-hydrogen) atoms. The number of carboxylic acids is 1. The van der Waals surface area contributed by atoms with Crippen LogP contribution in [0.15, 0.2) is 0 Å². The lowest BCUT2D eigenvalue weighted by Crippen LogP contribution is -2.41. The third-order valence-electron chi connectivity index (χ3n) is 2.03. The van der Waals surface area contributed by atoms with Gasteiger partial charge in [-0.3, -0.25) is 4.79 Å². The summed E-state index contributed by atoms with van der Waals surface area (Å²) >= 11 is 0. The lowest BCUT2D eigenvalue weighted by atomic mass is 9.97. The number of hydrogen-bond acceptors (Lipinski definition) is 2. The van der Waals surface area contributed by atoms with Crippen LogP contribution in [0.4, 0.5) is 13.6 Å². The molecule has 0 aromatic rings. The van der Waals surface area contributed by atoms with E-state index in [1.54, 1.807) is 0 Å². The average Bonchev–Trinajstić information content (AvgIpc) is 2.20. The summed E-state index contributed by atoms with van der Waals surface area (Å²) in [6, 6.07) is -0.777. The van der Waals surface area contributed by atoms with Crippen LogP contribution in [0.2, 0.25) is 0 Å². The third kappa shape index (κ3) is 8.41. The van der Waals surface area contributed by atoms with Crippen LogP contribution < -0.4 is 10.6 Å². The van der Waals surface area contributed by atoms with Crippen LogP contribution in [0.25, 0.3) is 0 Å². The van der Waals surface area contributed by atoms with Gasteiger partial charge in [-0.1, -0.05) is 13.8 Å². The predicted molar refractivity (Wildman–Crippen MR) is 58.0 cm³/mol. The first kappa shape index (κ1) is 15.6. The average molecular weight is 252 g/mol. The van der Waals surface area contributed by atoms with Crippen molar-refractivity contribution in [2.24, 2.45) is 11.8 Å². The number of rotatable bonds is 7. The van der Waals surface area contributed by atoms with Gasteiger partial charge in [-0.2, -0.15) is 0 Å². The van der Waals surface area contributed by atoms with Crippen LogP contribution in [-0.4, -0.2) is 36.6 Å². The Labute approximate surface area is 98.6 Å². The zero-order chi connectivity index (χ0) is 13.4. The second kappa shape index (κ2) is 7.81. The fourth-order valence-corrected chi connectivity index (χ4v) is 1.29. The highest BCUT2D eigenvalue weighted by Gasteiger charge is 2.19. The van der Waals surface area contributed by atoms with E-state index in [2.05, 4.69) is 5.32 Å². The van der Waals surface area contributed by atoms with Gasteiger partial charge in [0.1, 0.15) is 0 Å². The van der Waals surface area contributed by atoms with Gasteiger partial charge in [0.25, 0.3) is 6.43 Å². The van der Waals surface area contributed by atoms with Crippen molar-refractivity contribution in [3.05, 3.63) is 0 Å². The Morgan fingerprint density at radius 2 is 1.71 bits per heavy atom. The van der Waals surface area contributed by atoms with E-state index in [9.17, 15) is 18.4 Å². The molecule has 1 atom stereocenters. The van der Waals surface area contributed by atoms with Gasteiger partial charge in [0.2, 0.25) is 0 Å². The van der Waals surface area contributed by atoms with Crippen molar-refractivity contribution in [3.8, 4) is 0 Å². The molecule has 0 bridgehead atoms. The molecule has 0 aromatic heterocycles. The largest absolute Gasteiger partial charge is 0.481 e. The van der Waals surface area contributed by atoms with Gasteiger partial charge in [0.15, 0.2) is 0 Å². The number of alkyl halides is 2. The van der Waals surface area contributed by atoms with Gasteiger partial charge in [-0.25, -0.2) is 13.6 Å². The lowest BCUT2D eigenvalue weighted by molar-refractivity contribution is -0.142. The van der Waals surface area contributed by atoms with Crippen LogP contribution in [-0.2, 0) is 4.79 Å². The topological polar surface area (TPSA) is 78.4 Å². The number of halogens is 2. The van der Waals surface area contributed by atoms with Gasteiger partial charge in [-0.15, -0.1) is 0 Å². The van der Waals surface area contributed by atoms with Crippen LogP contribution in [0.5, 0.6) is 0 Å². The van der Waals surface area contributed by atoms with E-state index in [0.717, 1.165) is 0 Å². The summed E-state index contributed by atoms with van der Waals surface area (Å²) in [6.45, 7) is 2.93. The number of carboxylic acid groups (broad SMARTS) is 1. The van der Waals surface area contributed by atoms with Gasteiger partial charge in [0.05, 0.1) is 12.5 Å². The number of aliphatic carboxylic acids is 1. The van der Waals surface area contributed by atoms with Gasteiger partial charge < -0.3 is 15.7 Å². The smallest absolute Gasteiger partial charge is 0.315 e. The molecule has 0 aliphatic carbocycles. The maximum atomic E-state index is 11.8. The molecular weight excluding hydrogens is 234 g/mol. The molecule has 0 rings (SSSR count). The summed E-state index contributed by atoms with van der Waals surface area (Å²) < 4.78 is 23.5. The summed E-state index contributed by atoms with van der Waals surface area (Å²) in [5.41, 5.74) is 0. The fourth-order valence-electron chi connectivity index (χ4n) is 1.29. The number of amides is 2. The summed E-state index contributed by atoms with van der Waals surface area (Å²) in [7, 11) is 0. The zero-order valence-electron chi connectivity index (χ0n) is 9.87. The highest BCUT2D eigenvalue weighted by Crippen LogP contribution is 2.10. The molecule has 0 radical (unpaired) electrons. The van der Waals surface area contributed by atoms with Crippen molar-refractivity contribution in [3.63, 3.8) is 0 Å². The molecule has 0 saturated carbocycles. The van der Waals surface area contributed by atoms with Crippen LogP contribution in [0, 0.1) is 11.8 Å². The number of carbonyl (C=O) groups is 2. The Balaban J connectivity index is 3.95. The molecule has 0 spiro atoms. The zero-order valence-corrected chi connectivity index (χ0v) is 9.87. The first-order chi connectivity index (χ1) is 7.82. The van der Waals surface area contributed by atoms with Crippen LogP contribution in [0.1, 0.15) is 20.3 Å². The van der Waals surface area contributed by atoms with E-state index in [-0.39, 0.29) is 12.5 Å². The molecule has 0 aliphatic heterocycles. The molecule has 0 heterocycles. The van der Waals surface area contributed by atoms with Crippen molar-refractivity contribution in [2.75, 3.05) is 13.1 Å². The van der Waals surface area contributed by atoms with Crippen molar-refractivity contribution in [1.82, 2.24) is 10.6 Å². The number of urea groups is 1. The molecule has 0 aromatic carbocycles. The molecule has 0 saturated heterocycles. The molecular formula is C10H18F2N2O3. The maximum absolute atomic E-state index is 11.8. The Morgan fingerprint density at radius 1 is 1.18 bits per heavy atom. The number of nitrogens with one attached hydrogen (secondary N) is 2. The van der Waals surface area contributed by atoms with Crippen LogP contribution in [0.3, 0.4) is 0 Å². The first-order valence-electron chi connectivity index (χ1n) is 5.35. The van der Waals surface area contributed by atoms with E-state index in [1.807, 2.05) is 19.2 Å². The summed E-state index contributed by atoms with van der Waals surface area (Å²) in [5, 5.41) is 13.1. The standard InChI is InChI=1S/C10H18F2N2O3/c1-6(2)3-7(9(15)16)4-13-10(17)14-5-8(11)12/h6-8H,3-5H2,1-2H3,(H,15,16)(H2,13,14,17). The second-order valence-electron chi connectivity index (χ2n) is 4.15. The lowest BCUT2D eigenvalue weighted by Gasteiger charge is -2.15. The first-order valence-corrected chi connectivity index (χ1v) is 5.35. The minimum Gasteiger partial charge on any atom is -0.481 e. The highest BCUT2D eigenvalue weighted by molar-refractivity contribution is 5.75. The van der Waals surface area contributed by atoms with Crippen molar-refractivity contribution in [2.45, 2.75) is 26.7 Å². The fraction of sp³-hybridized carbons (Fsp3) is 0.800. The summed E-state index contributed by atoms with van der Waals surface area (Å²) in [6.07, 6.45) is -2.20. The maximum Gasteiger partial charge on any atom is 0.315 e. The third-order valence-corrected chi connectivity index (χ3v) is 2.03. The minimum atomic E-state index is -2.62. The molecule has 0 fully saturated rings. The normalized spacial score (nSPS) is 12.6. The number of carbonyl (C=O) groups excluding carboxylic acids is 1. The van der Waals surface area contributed by atoms with Crippen molar-refractivity contribution < 1.29 is 23.5 Å². The molecule has 7 heteroatoms. The van der Waals surface area contributed by atoms with Gasteiger partial charge in [-0.05, 0) is 12.3 Å². The van der Waals surface area contributed by atoms with Crippen molar-refractivity contribution >= 4 is 12.0 Å². The van der Waals surface area contributed by atoms with E-state index >= 15 is 0 Å². The molecule has 2 amide bonds. The van der Waals surface area contributed by atoms with Gasteiger partial charge >= 0.3 is 12.0 Å². The molecule has 100 valence electrons. The van der Waals surface area contributed by atoms with Crippen molar-refractivity contribution in [1.29, 1.82) is 0 Å². The minimum absolute atomic E-state index is 0.0669. The monoisotopic (exact) mass is 252 g/mol. The quantitative estimate of drug-likeness (QED) is 0.639. The van der Waals surface area contributed by atoms with E-state index in [4.69, 9.17) is 5.11 Å². The van der Waals surface area contributed by atoms with Gasteiger partial charge in [0, 0.05) is 6.54 Å². The number of hydrogen-bond donors (Lipinski definition) is 3. The molecule has 3 N–H and O–H groups in total. The second-order valence-corrected chi connectivity index (χ2v) is 4.15. The highest BCUT2D eigenvalue weighted by atomic mass is 19.3. The Kier molecular flexibility index (Phi) is 7.16. The Bertz CT molecular complexity index is 260. The SMILES string of the molecule is CC(C)CC(CNC(=O)NCC(F)F)C(=O)O. The Morgan fingerprint density at radius 3 is 2.12 bits per heavy atom. The van der Waals surface area contributed by atoms with E-state index in [0.29, 0.717) is 6.42 Å². The van der Waals surface area contributed by atoms with E-state index < -0.39 is 30.9 Å². The summed E-state index contributed by atoms with van der Waals surface area (Å²) in [4.78, 5) is 21.8. The summed E-state index contributed by atoms with van der Waals surface area (Å²) in [5.74, 6) is -1.53. The molecule has 5 nitrogen and oxygen atoms in total. The predicted octanol–water partition coefficient (Wildman–Crippen LogP) is 1.30. The Hall–Kier alpha value is -1.40. The van der Waals surface area contributed by atoms with Crippen LogP contribution >= 0.6 is 0 Å². The molecule has 0 aliphatic rings. The van der Waals surface area contributed by atoms with E-state index in [1.165, 1.54) is 0 Å². The molecule has 1 unspecified atom stereocenters.